The van der Waals surface area contributed by atoms with Crippen molar-refractivity contribution in [2.75, 3.05) is 4.90 Å². The van der Waals surface area contributed by atoms with Crippen LogP contribution in [0, 0.1) is 0 Å². The minimum absolute atomic E-state index is 0.102. The zero-order valence-electron chi connectivity index (χ0n) is 14.5. The molecule has 2 rings (SSSR count). The lowest BCUT2D eigenvalue weighted by molar-refractivity contribution is -0.118. The van der Waals surface area contributed by atoms with E-state index in [-0.39, 0.29) is 18.1 Å². The van der Waals surface area contributed by atoms with Crippen molar-refractivity contribution < 1.29 is 23.5 Å². The van der Waals surface area contributed by atoms with Crippen molar-refractivity contribution in [1.82, 2.24) is 0 Å². The van der Waals surface area contributed by atoms with Gasteiger partial charge in [0.2, 0.25) is 5.88 Å². The van der Waals surface area contributed by atoms with Crippen LogP contribution in [0.3, 0.4) is 0 Å². The van der Waals surface area contributed by atoms with Crippen LogP contribution in [-0.2, 0) is 14.3 Å². The molecule has 130 valence electrons. The molecule has 6 heteroatoms. The molecule has 0 bridgehead atoms. The van der Waals surface area contributed by atoms with E-state index in [1.807, 2.05) is 0 Å². The van der Waals surface area contributed by atoms with Crippen LogP contribution >= 0.6 is 0 Å². The Labute approximate surface area is 141 Å². The molecule has 0 aliphatic heterocycles. The lowest BCUT2D eigenvalue weighted by atomic mass is 10.0. The second-order valence-electron chi connectivity index (χ2n) is 6.90. The number of hydrogen-bond acceptors (Lipinski definition) is 5. The largest absolute Gasteiger partial charge is 0.448 e. The first-order valence-corrected chi connectivity index (χ1v) is 8.00. The SMILES string of the molecule is CC1=C(C(=O)N(C(=O)OC(C)(C)C)c2ccco2)CCCC(=O)C1. The topological polar surface area (TPSA) is 76.8 Å². The number of imide groups is 1. The van der Waals surface area contributed by atoms with Gasteiger partial charge in [0.1, 0.15) is 11.4 Å². The van der Waals surface area contributed by atoms with Gasteiger partial charge in [0.05, 0.1) is 6.26 Å². The average Bonchev–Trinajstić information content (AvgIpc) is 2.89. The molecule has 1 heterocycles. The summed E-state index contributed by atoms with van der Waals surface area (Å²) in [5.74, 6) is -0.284. The molecule has 1 aromatic rings. The molecule has 0 radical (unpaired) electrons. The molecule has 2 amide bonds. The molecule has 0 aromatic carbocycles. The second kappa shape index (κ2) is 7.03. The van der Waals surface area contributed by atoms with E-state index in [1.165, 1.54) is 12.3 Å². The van der Waals surface area contributed by atoms with Crippen LogP contribution in [0.4, 0.5) is 10.7 Å². The van der Waals surface area contributed by atoms with Crippen molar-refractivity contribution in [3.8, 4) is 0 Å². The van der Waals surface area contributed by atoms with Gasteiger partial charge in [-0.1, -0.05) is 5.57 Å². The fraction of sp³-hybridized carbons (Fsp3) is 0.500. The number of rotatable bonds is 2. The van der Waals surface area contributed by atoms with E-state index in [1.54, 1.807) is 33.8 Å². The van der Waals surface area contributed by atoms with Gasteiger partial charge in [-0.25, -0.2) is 4.79 Å². The first-order chi connectivity index (χ1) is 11.2. The Kier molecular flexibility index (Phi) is 5.26. The highest BCUT2D eigenvalue weighted by atomic mass is 16.6. The number of allylic oxidation sites excluding steroid dienone is 1. The number of furan rings is 1. The number of amides is 2. The third-order valence-corrected chi connectivity index (χ3v) is 3.62. The van der Waals surface area contributed by atoms with Gasteiger partial charge in [-0.2, -0.15) is 4.90 Å². The van der Waals surface area contributed by atoms with Gasteiger partial charge in [-0.3, -0.25) is 9.59 Å². The lowest BCUT2D eigenvalue weighted by Crippen LogP contribution is -2.41. The van der Waals surface area contributed by atoms with Crippen LogP contribution in [0.25, 0.3) is 0 Å². The predicted octanol–water partition coefficient (Wildman–Crippen LogP) is 4.01. The number of nitrogens with zero attached hydrogens (tertiary/aromatic N) is 1. The van der Waals surface area contributed by atoms with Crippen molar-refractivity contribution in [1.29, 1.82) is 0 Å². The Balaban J connectivity index is 2.36. The van der Waals surface area contributed by atoms with Gasteiger partial charge < -0.3 is 9.15 Å². The summed E-state index contributed by atoms with van der Waals surface area (Å²) in [6.07, 6.45) is 2.33. The molecule has 1 aliphatic carbocycles. The summed E-state index contributed by atoms with van der Waals surface area (Å²) < 4.78 is 10.6. The van der Waals surface area contributed by atoms with Crippen LogP contribution in [0.15, 0.2) is 34.0 Å². The number of carbonyl (C=O) groups is 3. The van der Waals surface area contributed by atoms with Crippen LogP contribution in [0.5, 0.6) is 0 Å². The van der Waals surface area contributed by atoms with Gasteiger partial charge >= 0.3 is 6.09 Å². The Morgan fingerprint density at radius 3 is 2.54 bits per heavy atom. The molecule has 0 atom stereocenters. The van der Waals surface area contributed by atoms with Crippen LogP contribution in [0.1, 0.15) is 53.4 Å². The second-order valence-corrected chi connectivity index (χ2v) is 6.90. The van der Waals surface area contributed by atoms with Crippen molar-refractivity contribution in [2.45, 2.75) is 59.0 Å². The van der Waals surface area contributed by atoms with Crippen molar-refractivity contribution in [3.05, 3.63) is 29.5 Å². The Morgan fingerprint density at radius 1 is 1.25 bits per heavy atom. The molecular weight excluding hydrogens is 310 g/mol. The third kappa shape index (κ3) is 4.34. The molecule has 0 saturated carbocycles. The molecule has 1 aliphatic rings. The van der Waals surface area contributed by atoms with E-state index in [2.05, 4.69) is 0 Å². The van der Waals surface area contributed by atoms with E-state index < -0.39 is 17.6 Å². The lowest BCUT2D eigenvalue weighted by Gasteiger charge is -2.25. The van der Waals surface area contributed by atoms with E-state index in [0.717, 1.165) is 4.90 Å². The van der Waals surface area contributed by atoms with Crippen LogP contribution in [0.2, 0.25) is 0 Å². The summed E-state index contributed by atoms with van der Waals surface area (Å²) >= 11 is 0. The first-order valence-electron chi connectivity index (χ1n) is 8.00. The van der Waals surface area contributed by atoms with Crippen LogP contribution < -0.4 is 4.90 Å². The Morgan fingerprint density at radius 2 is 1.96 bits per heavy atom. The number of ether oxygens (including phenoxy) is 1. The normalized spacial score (nSPS) is 15.9. The summed E-state index contributed by atoms with van der Waals surface area (Å²) in [4.78, 5) is 38.1. The molecule has 0 spiro atoms. The maximum absolute atomic E-state index is 13.0. The number of ketones is 1. The van der Waals surface area contributed by atoms with E-state index in [9.17, 15) is 14.4 Å². The number of Topliss-reactive ketones (excluding diaryl/α,β-unsaturated/α-hetero) is 1. The zero-order valence-corrected chi connectivity index (χ0v) is 14.5. The highest BCUT2D eigenvalue weighted by Crippen LogP contribution is 2.27. The molecule has 24 heavy (non-hydrogen) atoms. The van der Waals surface area contributed by atoms with Gasteiger partial charge in [-0.05, 0) is 46.6 Å². The molecular formula is C18H23NO5. The summed E-state index contributed by atoms with van der Waals surface area (Å²) in [5, 5.41) is 0. The summed E-state index contributed by atoms with van der Waals surface area (Å²) in [6, 6.07) is 3.12. The summed E-state index contributed by atoms with van der Waals surface area (Å²) in [5.41, 5.74) is 0.427. The molecule has 0 fully saturated rings. The first kappa shape index (κ1) is 18.0. The van der Waals surface area contributed by atoms with Gasteiger partial charge in [-0.15, -0.1) is 0 Å². The molecule has 1 aromatic heterocycles. The molecule has 6 nitrogen and oxygen atoms in total. The van der Waals surface area contributed by atoms with Crippen molar-refractivity contribution >= 4 is 23.7 Å². The summed E-state index contributed by atoms with van der Waals surface area (Å²) in [7, 11) is 0. The molecule has 0 saturated heterocycles. The average molecular weight is 333 g/mol. The van der Waals surface area contributed by atoms with Crippen LogP contribution in [-0.4, -0.2) is 23.4 Å². The minimum atomic E-state index is -0.793. The highest BCUT2D eigenvalue weighted by molar-refractivity contribution is 6.18. The molecule has 0 N–H and O–H groups in total. The standard InChI is InChI=1S/C18H23NO5/c1-12-11-13(20)7-5-8-14(12)16(21)19(15-9-6-10-23-15)17(22)24-18(2,3)4/h6,9-10H,5,7-8,11H2,1-4H3. The third-order valence-electron chi connectivity index (χ3n) is 3.62. The van der Waals surface area contributed by atoms with E-state index in [0.29, 0.717) is 30.4 Å². The van der Waals surface area contributed by atoms with Gasteiger partial charge in [0, 0.05) is 24.5 Å². The quantitative estimate of drug-likeness (QED) is 0.817. The monoisotopic (exact) mass is 333 g/mol. The highest BCUT2D eigenvalue weighted by Gasteiger charge is 2.33. The van der Waals surface area contributed by atoms with E-state index >= 15 is 0 Å². The number of carbonyl (C=O) groups excluding carboxylic acids is 3. The summed E-state index contributed by atoms with van der Waals surface area (Å²) in [6.45, 7) is 6.94. The van der Waals surface area contributed by atoms with Gasteiger partial charge in [0.15, 0.2) is 0 Å². The van der Waals surface area contributed by atoms with Crippen molar-refractivity contribution in [2.24, 2.45) is 0 Å². The van der Waals surface area contributed by atoms with E-state index in [4.69, 9.17) is 9.15 Å². The predicted molar refractivity (Wildman–Crippen MR) is 88.6 cm³/mol. The Hall–Kier alpha value is -2.37. The van der Waals surface area contributed by atoms with Gasteiger partial charge in [0.25, 0.3) is 5.91 Å². The van der Waals surface area contributed by atoms with Crippen molar-refractivity contribution in [3.63, 3.8) is 0 Å². The minimum Gasteiger partial charge on any atom is -0.448 e. The fourth-order valence-corrected chi connectivity index (χ4v) is 2.57. The maximum Gasteiger partial charge on any atom is 0.424 e. The number of hydrogen-bond donors (Lipinski definition) is 0. The smallest absolute Gasteiger partial charge is 0.424 e. The Bertz CT molecular complexity index is 664. The molecule has 0 unspecified atom stereocenters. The zero-order chi connectivity index (χ0) is 17.9. The maximum atomic E-state index is 13.0. The fourth-order valence-electron chi connectivity index (χ4n) is 2.57. The number of anilines is 1.